The maximum absolute atomic E-state index is 12.4. The van der Waals surface area contributed by atoms with Crippen LogP contribution in [0.4, 0.5) is 0 Å². The van der Waals surface area contributed by atoms with Crippen LogP contribution in [-0.2, 0) is 13.0 Å². The molecule has 112 valence electrons. The van der Waals surface area contributed by atoms with Gasteiger partial charge in [-0.25, -0.2) is 0 Å². The topological polar surface area (TPSA) is 59.0 Å². The monoisotopic (exact) mass is 278 g/mol. The van der Waals surface area contributed by atoms with E-state index in [-0.39, 0.29) is 11.9 Å². The van der Waals surface area contributed by atoms with Crippen LogP contribution in [0.2, 0.25) is 0 Å². The van der Waals surface area contributed by atoms with E-state index in [2.05, 4.69) is 29.6 Å². The van der Waals surface area contributed by atoms with E-state index in [1.54, 1.807) is 4.68 Å². The minimum Gasteiger partial charge on any atom is -0.347 e. The van der Waals surface area contributed by atoms with E-state index < -0.39 is 0 Å². The fourth-order valence-corrected chi connectivity index (χ4v) is 2.75. The van der Waals surface area contributed by atoms with Gasteiger partial charge in [-0.3, -0.25) is 9.48 Å². The lowest BCUT2D eigenvalue weighted by Gasteiger charge is -2.29. The van der Waals surface area contributed by atoms with E-state index in [1.807, 2.05) is 13.0 Å². The Morgan fingerprint density at radius 1 is 1.55 bits per heavy atom. The standard InChI is InChI=1S/C15H26N4O/c1-4-12-10-14(19(5-2)18-12)15(20)17-11(3)13-8-6-7-9-16-13/h10-11,13,16H,4-9H2,1-3H3,(H,17,20). The van der Waals surface area contributed by atoms with Crippen molar-refractivity contribution in [3.8, 4) is 0 Å². The van der Waals surface area contributed by atoms with Crippen LogP contribution in [-0.4, -0.2) is 34.3 Å². The lowest BCUT2D eigenvalue weighted by molar-refractivity contribution is 0.0917. The van der Waals surface area contributed by atoms with Crippen LogP contribution in [0, 0.1) is 0 Å². The first kappa shape index (κ1) is 15.0. The summed E-state index contributed by atoms with van der Waals surface area (Å²) in [6, 6.07) is 2.43. The van der Waals surface area contributed by atoms with Crippen LogP contribution in [0.25, 0.3) is 0 Å². The van der Waals surface area contributed by atoms with Gasteiger partial charge in [0.1, 0.15) is 5.69 Å². The molecule has 20 heavy (non-hydrogen) atoms. The maximum Gasteiger partial charge on any atom is 0.269 e. The van der Waals surface area contributed by atoms with Gasteiger partial charge in [-0.1, -0.05) is 13.3 Å². The molecule has 2 N–H and O–H groups in total. The Balaban J connectivity index is 2.01. The first-order chi connectivity index (χ1) is 9.65. The van der Waals surface area contributed by atoms with Gasteiger partial charge in [0.25, 0.3) is 5.91 Å². The smallest absolute Gasteiger partial charge is 0.269 e. The Bertz CT molecular complexity index is 449. The molecule has 0 bridgehead atoms. The normalized spacial score (nSPS) is 20.6. The van der Waals surface area contributed by atoms with Crippen LogP contribution in [0.15, 0.2) is 6.07 Å². The van der Waals surface area contributed by atoms with Crippen molar-refractivity contribution in [1.29, 1.82) is 0 Å². The van der Waals surface area contributed by atoms with Crippen LogP contribution in [0.3, 0.4) is 0 Å². The minimum absolute atomic E-state index is 0.0149. The minimum atomic E-state index is -0.0149. The number of piperidine rings is 1. The van der Waals surface area contributed by atoms with Crippen LogP contribution >= 0.6 is 0 Å². The van der Waals surface area contributed by atoms with E-state index in [0.717, 1.165) is 31.6 Å². The molecule has 1 saturated heterocycles. The number of nitrogens with zero attached hydrogens (tertiary/aromatic N) is 2. The number of hydrogen-bond donors (Lipinski definition) is 2. The van der Waals surface area contributed by atoms with Crippen molar-refractivity contribution in [3.63, 3.8) is 0 Å². The van der Waals surface area contributed by atoms with E-state index in [4.69, 9.17) is 0 Å². The summed E-state index contributed by atoms with van der Waals surface area (Å²) in [7, 11) is 0. The predicted molar refractivity (Wildman–Crippen MR) is 79.8 cm³/mol. The van der Waals surface area contributed by atoms with Crippen LogP contribution < -0.4 is 10.6 Å². The molecule has 1 amide bonds. The van der Waals surface area contributed by atoms with Crippen molar-refractivity contribution in [2.75, 3.05) is 6.54 Å². The number of aryl methyl sites for hydroxylation is 2. The highest BCUT2D eigenvalue weighted by Gasteiger charge is 2.23. The second kappa shape index (κ2) is 6.88. The predicted octanol–water partition coefficient (Wildman–Crippen LogP) is 1.73. The first-order valence-electron chi connectivity index (χ1n) is 7.76. The van der Waals surface area contributed by atoms with Gasteiger partial charge in [-0.2, -0.15) is 5.10 Å². The third-order valence-electron chi connectivity index (χ3n) is 4.04. The number of carbonyl (C=O) groups is 1. The summed E-state index contributed by atoms with van der Waals surface area (Å²) < 4.78 is 1.79. The van der Waals surface area contributed by atoms with Crippen molar-refractivity contribution < 1.29 is 4.79 Å². The zero-order valence-electron chi connectivity index (χ0n) is 12.8. The number of rotatable bonds is 5. The fraction of sp³-hybridized carbons (Fsp3) is 0.733. The molecule has 0 aromatic carbocycles. The molecular weight excluding hydrogens is 252 g/mol. The molecule has 1 aliphatic rings. The van der Waals surface area contributed by atoms with Gasteiger partial charge in [0.15, 0.2) is 0 Å². The Morgan fingerprint density at radius 2 is 2.35 bits per heavy atom. The van der Waals surface area contributed by atoms with Gasteiger partial charge in [-0.15, -0.1) is 0 Å². The van der Waals surface area contributed by atoms with E-state index in [0.29, 0.717) is 11.7 Å². The first-order valence-corrected chi connectivity index (χ1v) is 7.76. The molecule has 2 rings (SSSR count). The molecule has 1 aromatic heterocycles. The summed E-state index contributed by atoms with van der Waals surface area (Å²) in [6.45, 7) is 7.92. The molecular formula is C15H26N4O. The Kier molecular flexibility index (Phi) is 5.17. The molecule has 0 aliphatic carbocycles. The highest BCUT2D eigenvalue weighted by atomic mass is 16.2. The average molecular weight is 278 g/mol. The fourth-order valence-electron chi connectivity index (χ4n) is 2.75. The van der Waals surface area contributed by atoms with Gasteiger partial charge < -0.3 is 10.6 Å². The second-order valence-electron chi connectivity index (χ2n) is 5.51. The molecule has 1 fully saturated rings. The van der Waals surface area contributed by atoms with Gasteiger partial charge in [0.2, 0.25) is 0 Å². The van der Waals surface area contributed by atoms with Crippen molar-refractivity contribution in [2.45, 2.75) is 65.1 Å². The van der Waals surface area contributed by atoms with Gasteiger partial charge in [0.05, 0.1) is 5.69 Å². The van der Waals surface area contributed by atoms with Crippen LogP contribution in [0.1, 0.15) is 56.2 Å². The van der Waals surface area contributed by atoms with Crippen molar-refractivity contribution in [1.82, 2.24) is 20.4 Å². The van der Waals surface area contributed by atoms with Crippen molar-refractivity contribution in [3.05, 3.63) is 17.5 Å². The summed E-state index contributed by atoms with van der Waals surface area (Å²) in [4.78, 5) is 12.4. The average Bonchev–Trinajstić information content (AvgIpc) is 2.91. The lowest BCUT2D eigenvalue weighted by atomic mass is 9.99. The third kappa shape index (κ3) is 3.39. The quantitative estimate of drug-likeness (QED) is 0.862. The Morgan fingerprint density at radius 3 is 2.95 bits per heavy atom. The molecule has 1 aliphatic heterocycles. The summed E-state index contributed by atoms with van der Waals surface area (Å²) in [6.07, 6.45) is 4.46. The van der Waals surface area contributed by atoms with Gasteiger partial charge >= 0.3 is 0 Å². The zero-order chi connectivity index (χ0) is 14.5. The Hall–Kier alpha value is -1.36. The molecule has 0 saturated carbocycles. The highest BCUT2D eigenvalue weighted by Crippen LogP contribution is 2.11. The number of amides is 1. The SMILES string of the molecule is CCc1cc(C(=O)NC(C)C2CCCCN2)n(CC)n1. The summed E-state index contributed by atoms with van der Waals surface area (Å²) in [5.74, 6) is -0.0149. The molecule has 5 heteroatoms. The van der Waals surface area contributed by atoms with Gasteiger partial charge in [-0.05, 0) is 45.7 Å². The van der Waals surface area contributed by atoms with Crippen LogP contribution in [0.5, 0.6) is 0 Å². The number of hydrogen-bond acceptors (Lipinski definition) is 3. The summed E-state index contributed by atoms with van der Waals surface area (Å²) >= 11 is 0. The Labute approximate surface area is 121 Å². The third-order valence-corrected chi connectivity index (χ3v) is 4.04. The molecule has 0 spiro atoms. The maximum atomic E-state index is 12.4. The molecule has 2 atom stereocenters. The summed E-state index contributed by atoms with van der Waals surface area (Å²) in [5, 5.41) is 11.0. The van der Waals surface area contributed by atoms with Gasteiger partial charge in [0, 0.05) is 18.6 Å². The molecule has 1 aromatic rings. The number of aromatic nitrogens is 2. The number of nitrogens with one attached hydrogen (secondary N) is 2. The van der Waals surface area contributed by atoms with E-state index >= 15 is 0 Å². The molecule has 0 radical (unpaired) electrons. The van der Waals surface area contributed by atoms with E-state index in [1.165, 1.54) is 12.8 Å². The highest BCUT2D eigenvalue weighted by molar-refractivity contribution is 5.92. The van der Waals surface area contributed by atoms with E-state index in [9.17, 15) is 4.79 Å². The molecule has 5 nitrogen and oxygen atoms in total. The largest absolute Gasteiger partial charge is 0.347 e. The molecule has 2 unspecified atom stereocenters. The summed E-state index contributed by atoms with van der Waals surface area (Å²) in [5.41, 5.74) is 1.65. The lowest BCUT2D eigenvalue weighted by Crippen LogP contribution is -2.50. The number of carbonyl (C=O) groups excluding carboxylic acids is 1. The zero-order valence-corrected chi connectivity index (χ0v) is 12.8. The van der Waals surface area contributed by atoms with Crippen molar-refractivity contribution in [2.24, 2.45) is 0 Å². The molecule has 2 heterocycles. The van der Waals surface area contributed by atoms with Crippen molar-refractivity contribution >= 4 is 5.91 Å². The second-order valence-corrected chi connectivity index (χ2v) is 5.51.